The summed E-state index contributed by atoms with van der Waals surface area (Å²) < 4.78 is 19.1. The number of halogens is 1. The maximum atomic E-state index is 13.6. The van der Waals surface area contributed by atoms with Crippen molar-refractivity contribution in [3.8, 4) is 0 Å². The van der Waals surface area contributed by atoms with Gasteiger partial charge in [-0.25, -0.2) is 9.37 Å². The Kier molecular flexibility index (Phi) is 5.27. The van der Waals surface area contributed by atoms with Crippen LogP contribution in [0.1, 0.15) is 25.7 Å². The maximum absolute atomic E-state index is 13.6. The highest BCUT2D eigenvalue weighted by Crippen LogP contribution is 2.22. The molecule has 0 bridgehead atoms. The summed E-state index contributed by atoms with van der Waals surface area (Å²) in [5.74, 6) is 0.441. The minimum Gasteiger partial charge on any atom is -0.381 e. The topological polar surface area (TPSA) is 53.5 Å². The van der Waals surface area contributed by atoms with Gasteiger partial charge in [-0.2, -0.15) is 4.98 Å². The van der Waals surface area contributed by atoms with Gasteiger partial charge in [-0.1, -0.05) is 0 Å². The first-order valence-corrected chi connectivity index (χ1v) is 8.41. The fourth-order valence-corrected chi connectivity index (χ4v) is 3.38. The highest BCUT2D eigenvalue weighted by Gasteiger charge is 2.26. The van der Waals surface area contributed by atoms with Crippen molar-refractivity contribution in [2.45, 2.75) is 37.8 Å². The van der Waals surface area contributed by atoms with E-state index in [9.17, 15) is 4.39 Å². The van der Waals surface area contributed by atoms with E-state index >= 15 is 0 Å². The molecule has 0 saturated carbocycles. The van der Waals surface area contributed by atoms with Crippen LogP contribution in [0.25, 0.3) is 0 Å². The molecule has 3 rings (SSSR count). The van der Waals surface area contributed by atoms with E-state index in [2.05, 4.69) is 20.2 Å². The zero-order chi connectivity index (χ0) is 16.2. The third-order valence-electron chi connectivity index (χ3n) is 4.72. The van der Waals surface area contributed by atoms with Gasteiger partial charge in [-0.05, 0) is 25.7 Å². The molecule has 2 saturated heterocycles. The molecule has 0 spiro atoms. The molecule has 7 heteroatoms. The van der Waals surface area contributed by atoms with E-state index in [1.165, 1.54) is 6.20 Å². The Bertz CT molecular complexity index is 513. The first-order chi connectivity index (χ1) is 11.1. The zero-order valence-electron chi connectivity index (χ0n) is 14.0. The fourth-order valence-electron chi connectivity index (χ4n) is 3.38. The molecular formula is C16H26FN5O. The van der Waals surface area contributed by atoms with Crippen LogP contribution < -0.4 is 10.2 Å². The van der Waals surface area contributed by atoms with Gasteiger partial charge in [0, 0.05) is 52.5 Å². The van der Waals surface area contributed by atoms with Gasteiger partial charge >= 0.3 is 0 Å². The van der Waals surface area contributed by atoms with Gasteiger partial charge in [0.05, 0.1) is 6.20 Å². The second-order valence-electron chi connectivity index (χ2n) is 6.56. The number of nitrogens with zero attached hydrogens (tertiary/aromatic N) is 4. The van der Waals surface area contributed by atoms with Gasteiger partial charge in [0.25, 0.3) is 0 Å². The Hall–Kier alpha value is -1.47. The largest absolute Gasteiger partial charge is 0.381 e. The third-order valence-corrected chi connectivity index (χ3v) is 4.72. The lowest BCUT2D eigenvalue weighted by atomic mass is 10.00. The van der Waals surface area contributed by atoms with E-state index in [4.69, 9.17) is 4.74 Å². The van der Waals surface area contributed by atoms with E-state index in [0.717, 1.165) is 52.0 Å². The van der Waals surface area contributed by atoms with E-state index in [1.54, 1.807) is 19.0 Å². The summed E-state index contributed by atoms with van der Waals surface area (Å²) in [6.45, 7) is 3.95. The summed E-state index contributed by atoms with van der Waals surface area (Å²) in [5, 5.41) is 3.36. The molecule has 3 heterocycles. The molecule has 0 amide bonds. The number of rotatable bonds is 4. The molecule has 2 fully saturated rings. The predicted molar refractivity (Wildman–Crippen MR) is 88.4 cm³/mol. The molecule has 0 atom stereocenters. The van der Waals surface area contributed by atoms with Crippen LogP contribution in [0.5, 0.6) is 0 Å². The second-order valence-corrected chi connectivity index (χ2v) is 6.56. The average molecular weight is 323 g/mol. The summed E-state index contributed by atoms with van der Waals surface area (Å²) in [5.41, 5.74) is 0. The molecule has 2 aliphatic heterocycles. The molecule has 1 aromatic heterocycles. The lowest BCUT2D eigenvalue weighted by Gasteiger charge is -2.39. The molecule has 0 unspecified atom stereocenters. The zero-order valence-corrected chi connectivity index (χ0v) is 14.0. The number of ether oxygens (including phenoxy) is 1. The van der Waals surface area contributed by atoms with Crippen LogP contribution in [-0.2, 0) is 4.74 Å². The summed E-state index contributed by atoms with van der Waals surface area (Å²) in [4.78, 5) is 12.6. The minimum atomic E-state index is -0.394. The summed E-state index contributed by atoms with van der Waals surface area (Å²) >= 11 is 0. The van der Waals surface area contributed by atoms with Crippen LogP contribution in [0, 0.1) is 5.82 Å². The summed E-state index contributed by atoms with van der Waals surface area (Å²) in [6, 6.07) is 1.03. The molecule has 6 nitrogen and oxygen atoms in total. The Labute approximate surface area is 137 Å². The molecule has 0 aliphatic carbocycles. The van der Waals surface area contributed by atoms with Crippen LogP contribution in [0.4, 0.5) is 16.2 Å². The lowest BCUT2D eigenvalue weighted by Crippen LogP contribution is -2.46. The van der Waals surface area contributed by atoms with Crippen molar-refractivity contribution in [3.63, 3.8) is 0 Å². The normalized spacial score (nSPS) is 21.3. The van der Waals surface area contributed by atoms with Crippen molar-refractivity contribution in [2.75, 3.05) is 50.6 Å². The van der Waals surface area contributed by atoms with Gasteiger partial charge in [-0.15, -0.1) is 0 Å². The number of likely N-dealkylation sites (tertiary alicyclic amines) is 1. The Morgan fingerprint density at radius 1 is 1.22 bits per heavy atom. The van der Waals surface area contributed by atoms with E-state index in [1.807, 2.05) is 0 Å². The lowest BCUT2D eigenvalue weighted by molar-refractivity contribution is 0.0262. The molecule has 0 aromatic carbocycles. The SMILES string of the molecule is CN(C)c1nc(NC2CCN(C3CCOCC3)CC2)ncc1F. The molecular weight excluding hydrogens is 297 g/mol. The standard InChI is InChI=1S/C16H26FN5O/c1-21(2)15-14(17)11-18-16(20-15)19-12-3-7-22(8-4-12)13-5-9-23-10-6-13/h11-13H,3-10H2,1-2H3,(H,18,19,20). The van der Waals surface area contributed by atoms with Crippen molar-refractivity contribution < 1.29 is 9.13 Å². The van der Waals surface area contributed by atoms with Crippen molar-refractivity contribution >= 4 is 11.8 Å². The van der Waals surface area contributed by atoms with Crippen LogP contribution in [-0.4, -0.2) is 67.4 Å². The highest BCUT2D eigenvalue weighted by atomic mass is 19.1. The average Bonchev–Trinajstić information content (AvgIpc) is 2.58. The molecule has 2 aliphatic rings. The maximum Gasteiger partial charge on any atom is 0.225 e. The number of aromatic nitrogens is 2. The Morgan fingerprint density at radius 3 is 2.57 bits per heavy atom. The van der Waals surface area contributed by atoms with E-state index in [0.29, 0.717) is 23.8 Å². The van der Waals surface area contributed by atoms with Gasteiger partial charge in [0.1, 0.15) is 0 Å². The van der Waals surface area contributed by atoms with Gasteiger partial charge in [0.15, 0.2) is 11.6 Å². The Balaban J connectivity index is 1.53. The molecule has 0 radical (unpaired) electrons. The third kappa shape index (κ3) is 4.09. The predicted octanol–water partition coefficient (Wildman–Crippen LogP) is 1.74. The fraction of sp³-hybridized carbons (Fsp3) is 0.750. The van der Waals surface area contributed by atoms with Gasteiger partial charge in [-0.3, -0.25) is 0 Å². The van der Waals surface area contributed by atoms with Gasteiger partial charge < -0.3 is 19.9 Å². The van der Waals surface area contributed by atoms with Crippen LogP contribution in [0.2, 0.25) is 0 Å². The van der Waals surface area contributed by atoms with E-state index < -0.39 is 5.82 Å². The van der Waals surface area contributed by atoms with Crippen molar-refractivity contribution in [3.05, 3.63) is 12.0 Å². The van der Waals surface area contributed by atoms with Crippen LogP contribution in [0.15, 0.2) is 6.20 Å². The summed E-state index contributed by atoms with van der Waals surface area (Å²) in [7, 11) is 3.56. The monoisotopic (exact) mass is 323 g/mol. The molecule has 1 N–H and O–H groups in total. The number of piperidine rings is 1. The quantitative estimate of drug-likeness (QED) is 0.911. The number of nitrogens with one attached hydrogen (secondary N) is 1. The molecule has 1 aromatic rings. The first-order valence-electron chi connectivity index (χ1n) is 8.41. The molecule has 23 heavy (non-hydrogen) atoms. The molecule has 128 valence electrons. The van der Waals surface area contributed by atoms with Crippen molar-refractivity contribution in [2.24, 2.45) is 0 Å². The van der Waals surface area contributed by atoms with E-state index in [-0.39, 0.29) is 0 Å². The van der Waals surface area contributed by atoms with Crippen molar-refractivity contribution in [1.82, 2.24) is 14.9 Å². The van der Waals surface area contributed by atoms with Gasteiger partial charge in [0.2, 0.25) is 5.95 Å². The summed E-state index contributed by atoms with van der Waals surface area (Å²) in [6.07, 6.45) is 5.66. The minimum absolute atomic E-state index is 0.321. The second kappa shape index (κ2) is 7.40. The smallest absolute Gasteiger partial charge is 0.225 e. The highest BCUT2D eigenvalue weighted by molar-refractivity contribution is 5.42. The van der Waals surface area contributed by atoms with Crippen LogP contribution in [0.3, 0.4) is 0 Å². The van der Waals surface area contributed by atoms with Crippen molar-refractivity contribution in [1.29, 1.82) is 0 Å². The number of hydrogen-bond donors (Lipinski definition) is 1. The van der Waals surface area contributed by atoms with Crippen LogP contribution >= 0.6 is 0 Å². The number of anilines is 2. The Morgan fingerprint density at radius 2 is 1.91 bits per heavy atom. The number of hydrogen-bond acceptors (Lipinski definition) is 6. The first kappa shape index (κ1) is 16.4.